The highest BCUT2D eigenvalue weighted by Crippen LogP contribution is 2.28. The van der Waals surface area contributed by atoms with Crippen molar-refractivity contribution in [3.05, 3.63) is 36.2 Å². The van der Waals surface area contributed by atoms with Gasteiger partial charge in [0.15, 0.2) is 0 Å². The number of nitrogens with one attached hydrogen (secondary N) is 1. The Morgan fingerprint density at radius 2 is 2.15 bits per heavy atom. The lowest BCUT2D eigenvalue weighted by Crippen LogP contribution is -2.43. The zero-order valence-corrected chi connectivity index (χ0v) is 14.7. The van der Waals surface area contributed by atoms with Gasteiger partial charge in [-0.25, -0.2) is 4.98 Å². The summed E-state index contributed by atoms with van der Waals surface area (Å²) in [4.78, 5) is 22.0. The van der Waals surface area contributed by atoms with E-state index in [9.17, 15) is 15.0 Å². The van der Waals surface area contributed by atoms with Gasteiger partial charge in [0.1, 0.15) is 11.8 Å². The lowest BCUT2D eigenvalue weighted by molar-refractivity contribution is 0.00759. The van der Waals surface area contributed by atoms with E-state index in [2.05, 4.69) is 25.6 Å². The molecule has 2 heterocycles. The predicted octanol–water partition coefficient (Wildman–Crippen LogP) is -1.33. The average molecular weight is 361 g/mol. The van der Waals surface area contributed by atoms with Crippen molar-refractivity contribution in [3.63, 3.8) is 0 Å². The number of aliphatic hydroxyl groups is 2. The van der Waals surface area contributed by atoms with Crippen LogP contribution in [0.5, 0.6) is 0 Å². The van der Waals surface area contributed by atoms with Gasteiger partial charge < -0.3 is 20.4 Å². The molecule has 0 aromatic carbocycles. The van der Waals surface area contributed by atoms with Crippen molar-refractivity contribution in [1.29, 1.82) is 0 Å². The minimum atomic E-state index is -1.05. The van der Waals surface area contributed by atoms with E-state index in [4.69, 9.17) is 0 Å². The molecule has 4 atom stereocenters. The summed E-state index contributed by atoms with van der Waals surface area (Å²) in [6.45, 7) is 1.09. The Balaban J connectivity index is 1.60. The number of rotatable bonds is 6. The molecular formula is C16H23N7O3. The van der Waals surface area contributed by atoms with Crippen molar-refractivity contribution in [2.75, 3.05) is 14.1 Å². The molecule has 0 radical (unpaired) electrons. The summed E-state index contributed by atoms with van der Waals surface area (Å²) in [5.74, 6) is -0.671. The Hall–Kier alpha value is -2.43. The molecule has 3 rings (SSSR count). The van der Waals surface area contributed by atoms with Crippen LogP contribution < -0.4 is 5.32 Å². The molecule has 26 heavy (non-hydrogen) atoms. The topological polar surface area (TPSA) is 129 Å². The third-order valence-corrected chi connectivity index (χ3v) is 4.40. The third-order valence-electron chi connectivity index (χ3n) is 4.40. The number of carbonyl (C=O) groups excluding carboxylic acids is 1. The summed E-state index contributed by atoms with van der Waals surface area (Å²) < 4.78 is 1.66. The van der Waals surface area contributed by atoms with Crippen LogP contribution in [-0.2, 0) is 13.1 Å². The maximum Gasteiger partial charge on any atom is 0.271 e. The van der Waals surface area contributed by atoms with Crippen molar-refractivity contribution in [2.24, 2.45) is 5.92 Å². The first-order valence-electron chi connectivity index (χ1n) is 8.41. The number of aliphatic hydroxyl groups excluding tert-OH is 2. The standard InChI is InChI=1S/C16H23N7O3/c1-22(2)8-11-9-23(21-20-11)7-10-5-12(15(25)14(10)24)19-16(26)13-6-17-3-4-18-13/h3-4,6,9-10,12,14-15,24-25H,5,7-8H2,1-2H3,(H,19,26)/t10-,12-,14-,15+/m1/s1. The van der Waals surface area contributed by atoms with Gasteiger partial charge in [0.25, 0.3) is 5.91 Å². The van der Waals surface area contributed by atoms with Crippen LogP contribution in [0.1, 0.15) is 22.6 Å². The summed E-state index contributed by atoms with van der Waals surface area (Å²) in [7, 11) is 3.89. The van der Waals surface area contributed by atoms with E-state index >= 15 is 0 Å². The lowest BCUT2D eigenvalue weighted by atomic mass is 10.1. The van der Waals surface area contributed by atoms with E-state index in [0.717, 1.165) is 5.69 Å². The van der Waals surface area contributed by atoms with Crippen LogP contribution in [0.25, 0.3) is 0 Å². The van der Waals surface area contributed by atoms with Gasteiger partial charge in [0.2, 0.25) is 0 Å². The van der Waals surface area contributed by atoms with E-state index < -0.39 is 24.2 Å². The summed E-state index contributed by atoms with van der Waals surface area (Å²) in [6, 6.07) is -0.561. The summed E-state index contributed by atoms with van der Waals surface area (Å²) in [5.41, 5.74) is 0.998. The first-order chi connectivity index (χ1) is 12.4. The summed E-state index contributed by atoms with van der Waals surface area (Å²) in [6.07, 6.45) is 4.50. The number of aromatic nitrogens is 5. The van der Waals surface area contributed by atoms with Crippen LogP contribution >= 0.6 is 0 Å². The van der Waals surface area contributed by atoms with Gasteiger partial charge in [0.05, 0.1) is 24.0 Å². The quantitative estimate of drug-likeness (QED) is 0.577. The average Bonchev–Trinajstić information content (AvgIpc) is 3.15. The number of amides is 1. The van der Waals surface area contributed by atoms with Crippen LogP contribution in [0, 0.1) is 5.92 Å². The fourth-order valence-corrected chi connectivity index (χ4v) is 3.17. The van der Waals surface area contributed by atoms with Crippen LogP contribution in [0.15, 0.2) is 24.8 Å². The molecule has 1 amide bonds. The minimum absolute atomic E-state index is 0.169. The van der Waals surface area contributed by atoms with Crippen LogP contribution in [0.3, 0.4) is 0 Å². The van der Waals surface area contributed by atoms with Crippen molar-refractivity contribution in [3.8, 4) is 0 Å². The highest BCUT2D eigenvalue weighted by Gasteiger charge is 2.42. The van der Waals surface area contributed by atoms with Crippen LogP contribution in [-0.4, -0.2) is 78.3 Å². The second-order valence-electron chi connectivity index (χ2n) is 6.82. The number of hydrogen-bond donors (Lipinski definition) is 3. The summed E-state index contributed by atoms with van der Waals surface area (Å²) in [5, 5.41) is 31.5. The van der Waals surface area contributed by atoms with E-state index in [-0.39, 0.29) is 11.6 Å². The Bertz CT molecular complexity index is 736. The Morgan fingerprint density at radius 3 is 2.85 bits per heavy atom. The number of nitrogens with zero attached hydrogens (tertiary/aromatic N) is 6. The maximum atomic E-state index is 12.2. The molecule has 0 bridgehead atoms. The third kappa shape index (κ3) is 4.21. The molecule has 1 fully saturated rings. The summed E-state index contributed by atoms with van der Waals surface area (Å²) >= 11 is 0. The van der Waals surface area contributed by atoms with Crippen molar-refractivity contribution in [1.82, 2.24) is 35.2 Å². The smallest absolute Gasteiger partial charge is 0.271 e. The lowest BCUT2D eigenvalue weighted by Gasteiger charge is -2.17. The van der Waals surface area contributed by atoms with Gasteiger partial charge in [-0.3, -0.25) is 14.5 Å². The molecule has 0 unspecified atom stereocenters. The molecular weight excluding hydrogens is 338 g/mol. The molecule has 1 aliphatic rings. The molecule has 1 saturated carbocycles. The van der Waals surface area contributed by atoms with E-state index in [1.54, 1.807) is 4.68 Å². The Labute approximate surface area is 150 Å². The predicted molar refractivity (Wildman–Crippen MR) is 90.8 cm³/mol. The van der Waals surface area contributed by atoms with Gasteiger partial charge >= 0.3 is 0 Å². The minimum Gasteiger partial charge on any atom is -0.390 e. The molecule has 10 heteroatoms. The molecule has 0 aliphatic heterocycles. The largest absolute Gasteiger partial charge is 0.390 e. The molecule has 2 aromatic heterocycles. The van der Waals surface area contributed by atoms with Crippen molar-refractivity contribution < 1.29 is 15.0 Å². The fraction of sp³-hybridized carbons (Fsp3) is 0.562. The Morgan fingerprint density at radius 1 is 1.35 bits per heavy atom. The van der Waals surface area contributed by atoms with Gasteiger partial charge in [-0.05, 0) is 20.5 Å². The van der Waals surface area contributed by atoms with Gasteiger partial charge in [-0.1, -0.05) is 5.21 Å². The zero-order chi connectivity index (χ0) is 18.7. The molecule has 140 valence electrons. The first-order valence-corrected chi connectivity index (χ1v) is 8.41. The van der Waals surface area contributed by atoms with E-state index in [0.29, 0.717) is 19.5 Å². The monoisotopic (exact) mass is 361 g/mol. The van der Waals surface area contributed by atoms with Crippen LogP contribution in [0.4, 0.5) is 0 Å². The molecule has 1 aliphatic carbocycles. The Kier molecular flexibility index (Phi) is 5.55. The molecule has 2 aromatic rings. The highest BCUT2D eigenvalue weighted by atomic mass is 16.3. The second-order valence-corrected chi connectivity index (χ2v) is 6.82. The van der Waals surface area contributed by atoms with Crippen molar-refractivity contribution in [2.45, 2.75) is 37.8 Å². The molecule has 3 N–H and O–H groups in total. The van der Waals surface area contributed by atoms with Gasteiger partial charge in [-0.15, -0.1) is 5.10 Å². The van der Waals surface area contributed by atoms with E-state index in [1.807, 2.05) is 25.2 Å². The number of carbonyl (C=O) groups is 1. The first kappa shape index (κ1) is 18.4. The van der Waals surface area contributed by atoms with Gasteiger partial charge in [-0.2, -0.15) is 0 Å². The maximum absolute atomic E-state index is 12.2. The zero-order valence-electron chi connectivity index (χ0n) is 14.7. The molecule has 10 nitrogen and oxygen atoms in total. The van der Waals surface area contributed by atoms with Crippen molar-refractivity contribution >= 4 is 5.91 Å². The normalized spacial score (nSPS) is 25.6. The highest BCUT2D eigenvalue weighted by molar-refractivity contribution is 5.92. The van der Waals surface area contributed by atoms with E-state index in [1.165, 1.54) is 18.6 Å². The number of hydrogen-bond acceptors (Lipinski definition) is 8. The molecule has 0 saturated heterocycles. The van der Waals surface area contributed by atoms with Gasteiger partial charge in [0, 0.05) is 37.6 Å². The molecule has 0 spiro atoms. The second kappa shape index (κ2) is 7.85. The fourth-order valence-electron chi connectivity index (χ4n) is 3.17. The van der Waals surface area contributed by atoms with Crippen LogP contribution in [0.2, 0.25) is 0 Å². The SMILES string of the molecule is CN(C)Cc1cn(C[C@H]2C[C@@H](NC(=O)c3cnccn3)[C@H](O)[C@@H]2O)nn1.